The Hall–Kier alpha value is -4.90. The minimum Gasteiger partial charge on any atom is -0.502 e. The van der Waals surface area contributed by atoms with E-state index in [2.05, 4.69) is 5.43 Å². The van der Waals surface area contributed by atoms with Gasteiger partial charge in [-0.15, -0.1) is 0 Å². The smallest absolute Gasteiger partial charge is 0.260 e. The number of methoxy groups -OCH3 is 2. The third-order valence-electron chi connectivity index (χ3n) is 10.8. The van der Waals surface area contributed by atoms with Crippen LogP contribution in [0, 0.1) is 29.5 Å². The molecule has 260 valence electrons. The molecule has 3 aromatic carbocycles. The molecule has 0 radical (unpaired) electrons. The van der Waals surface area contributed by atoms with Gasteiger partial charge in [0.1, 0.15) is 5.82 Å². The van der Waals surface area contributed by atoms with Crippen LogP contribution < -0.4 is 14.9 Å². The molecule has 2 aliphatic carbocycles. The summed E-state index contributed by atoms with van der Waals surface area (Å²) in [6.07, 6.45) is 2.31. The molecule has 0 spiro atoms. The Kier molecular flexibility index (Phi) is 7.97. The SMILES string of the molecule is COc1cc(C2C3=CCC4C(=O)N(C(C)(C)C)C(=O)C4C3CC3C(=O)N(Nc4ccc(F)cc4)C(=O)C32c2ccc(Cl)cc2)cc(OC)c1O. The quantitative estimate of drug-likeness (QED) is 0.238. The first-order valence-corrected chi connectivity index (χ1v) is 16.8. The molecule has 7 rings (SSSR count). The molecule has 0 bridgehead atoms. The van der Waals surface area contributed by atoms with Gasteiger partial charge in [-0.1, -0.05) is 35.4 Å². The van der Waals surface area contributed by atoms with Crippen LogP contribution in [0.5, 0.6) is 17.2 Å². The number of phenolic OH excluding ortho intramolecular Hbond substituents is 1. The number of carbonyl (C=O) groups excluding carboxylic acids is 4. The maximum atomic E-state index is 15.3. The van der Waals surface area contributed by atoms with Crippen LogP contribution >= 0.6 is 11.6 Å². The van der Waals surface area contributed by atoms with Crippen molar-refractivity contribution in [3.63, 3.8) is 0 Å². The zero-order chi connectivity index (χ0) is 35.9. The number of nitrogens with zero attached hydrogens (tertiary/aromatic N) is 2. The van der Waals surface area contributed by atoms with Crippen LogP contribution in [0.3, 0.4) is 0 Å². The Morgan fingerprint density at radius 1 is 0.900 bits per heavy atom. The fourth-order valence-corrected chi connectivity index (χ4v) is 8.90. The first-order chi connectivity index (χ1) is 23.7. The van der Waals surface area contributed by atoms with Crippen molar-refractivity contribution in [3.8, 4) is 17.2 Å². The maximum Gasteiger partial charge on any atom is 0.260 e. The van der Waals surface area contributed by atoms with Crippen LogP contribution in [0.2, 0.25) is 5.02 Å². The number of phenols is 1. The second-order valence-corrected chi connectivity index (χ2v) is 14.8. The average Bonchev–Trinajstić information content (AvgIpc) is 3.47. The molecule has 4 aliphatic rings. The Morgan fingerprint density at radius 3 is 2.10 bits per heavy atom. The molecule has 6 atom stereocenters. The normalized spacial score (nSPS) is 27.5. The lowest BCUT2D eigenvalue weighted by Gasteiger charge is -2.50. The summed E-state index contributed by atoms with van der Waals surface area (Å²) in [4.78, 5) is 59.4. The van der Waals surface area contributed by atoms with E-state index >= 15 is 4.79 Å². The summed E-state index contributed by atoms with van der Waals surface area (Å²) in [6, 6.07) is 15.3. The Balaban J connectivity index is 1.49. The molecule has 6 unspecified atom stereocenters. The lowest BCUT2D eigenvalue weighted by molar-refractivity contribution is -0.146. The number of hydrogen-bond donors (Lipinski definition) is 2. The Morgan fingerprint density at radius 2 is 1.52 bits per heavy atom. The minimum absolute atomic E-state index is 0.0858. The lowest BCUT2D eigenvalue weighted by Crippen LogP contribution is -2.53. The number of fused-ring (bicyclic) bond motifs is 4. The number of hydrogen-bond acceptors (Lipinski definition) is 8. The van der Waals surface area contributed by atoms with Crippen molar-refractivity contribution >= 4 is 40.9 Å². The van der Waals surface area contributed by atoms with E-state index in [0.29, 0.717) is 21.8 Å². The van der Waals surface area contributed by atoms with Gasteiger partial charge in [-0.25, -0.2) is 4.39 Å². The highest BCUT2D eigenvalue weighted by molar-refractivity contribution is 6.30. The van der Waals surface area contributed by atoms with E-state index in [1.807, 2.05) is 26.8 Å². The van der Waals surface area contributed by atoms with E-state index < -0.39 is 58.2 Å². The summed E-state index contributed by atoms with van der Waals surface area (Å²) < 4.78 is 25.0. The van der Waals surface area contributed by atoms with Gasteiger partial charge < -0.3 is 14.6 Å². The third kappa shape index (κ3) is 4.80. The van der Waals surface area contributed by atoms with Crippen LogP contribution in [0.4, 0.5) is 10.1 Å². The van der Waals surface area contributed by atoms with Crippen molar-refractivity contribution in [2.75, 3.05) is 19.6 Å². The fraction of sp³-hybridized carbons (Fsp3) is 0.368. The predicted molar refractivity (Wildman–Crippen MR) is 182 cm³/mol. The standard InChI is InChI=1S/C38H37ClFN3O7/c1-37(2,3)42-33(45)25-15-14-24-26(30(25)35(42)47)18-27-34(46)43(41-23-12-10-22(40)11-13-23)36(48)38(27,20-6-8-21(39)9-7-20)31(24)19-16-28(49-4)32(44)29(17-19)50-5/h6-14,16-17,25-27,30-31,41,44H,15,18H2,1-5H3. The number of carbonyl (C=O) groups is 4. The Labute approximate surface area is 293 Å². The van der Waals surface area contributed by atoms with Gasteiger partial charge in [-0.2, -0.15) is 5.01 Å². The zero-order valence-electron chi connectivity index (χ0n) is 28.2. The van der Waals surface area contributed by atoms with E-state index in [9.17, 15) is 23.9 Å². The summed E-state index contributed by atoms with van der Waals surface area (Å²) in [6.45, 7) is 5.45. The van der Waals surface area contributed by atoms with Gasteiger partial charge in [0.25, 0.3) is 11.8 Å². The highest BCUT2D eigenvalue weighted by atomic mass is 35.5. The molecular formula is C38H37ClFN3O7. The number of rotatable bonds is 6. The maximum absolute atomic E-state index is 15.3. The number of allylic oxidation sites excluding steroid dienone is 2. The van der Waals surface area contributed by atoms with Crippen LogP contribution in [0.15, 0.2) is 72.3 Å². The van der Waals surface area contributed by atoms with Crippen LogP contribution in [0.25, 0.3) is 0 Å². The van der Waals surface area contributed by atoms with Crippen molar-refractivity contribution in [1.82, 2.24) is 9.91 Å². The first-order valence-electron chi connectivity index (χ1n) is 16.4. The first kappa shape index (κ1) is 33.6. The molecule has 4 amide bonds. The summed E-state index contributed by atoms with van der Waals surface area (Å²) in [5, 5.41) is 12.3. The van der Waals surface area contributed by atoms with Gasteiger partial charge in [0.15, 0.2) is 11.5 Å². The summed E-state index contributed by atoms with van der Waals surface area (Å²) in [5.41, 5.74) is 2.63. The van der Waals surface area contributed by atoms with Crippen molar-refractivity contribution in [3.05, 3.63) is 94.3 Å². The van der Waals surface area contributed by atoms with E-state index in [4.69, 9.17) is 21.1 Å². The van der Waals surface area contributed by atoms with Crippen LogP contribution in [-0.2, 0) is 24.6 Å². The number of halogens is 2. The Bertz CT molecular complexity index is 1930. The van der Waals surface area contributed by atoms with E-state index in [0.717, 1.165) is 10.6 Å². The molecule has 2 heterocycles. The summed E-state index contributed by atoms with van der Waals surface area (Å²) >= 11 is 6.36. The molecule has 2 aliphatic heterocycles. The number of imide groups is 2. The topological polar surface area (TPSA) is 125 Å². The summed E-state index contributed by atoms with van der Waals surface area (Å²) in [7, 11) is 2.79. The molecule has 2 saturated heterocycles. The molecule has 12 heteroatoms. The number of likely N-dealkylation sites (tertiary alicyclic amines) is 1. The largest absolute Gasteiger partial charge is 0.502 e. The van der Waals surface area contributed by atoms with Gasteiger partial charge in [-0.3, -0.25) is 29.5 Å². The van der Waals surface area contributed by atoms with Gasteiger partial charge in [0, 0.05) is 16.5 Å². The van der Waals surface area contributed by atoms with Gasteiger partial charge >= 0.3 is 0 Å². The lowest BCUT2D eigenvalue weighted by atomic mass is 9.49. The van der Waals surface area contributed by atoms with Crippen LogP contribution in [-0.4, -0.2) is 58.4 Å². The molecule has 3 fully saturated rings. The van der Waals surface area contributed by atoms with Crippen molar-refractivity contribution in [2.45, 2.75) is 50.5 Å². The number of anilines is 1. The average molecular weight is 702 g/mol. The van der Waals surface area contributed by atoms with Crippen molar-refractivity contribution < 1.29 is 38.1 Å². The molecule has 1 saturated carbocycles. The second-order valence-electron chi connectivity index (χ2n) is 14.3. The number of hydrazine groups is 1. The molecule has 3 aromatic rings. The zero-order valence-corrected chi connectivity index (χ0v) is 29.0. The highest BCUT2D eigenvalue weighted by Crippen LogP contribution is 2.65. The second kappa shape index (κ2) is 11.9. The third-order valence-corrected chi connectivity index (χ3v) is 11.0. The van der Waals surface area contributed by atoms with Gasteiger partial charge in [-0.05, 0) is 99.2 Å². The molecule has 10 nitrogen and oxygen atoms in total. The van der Waals surface area contributed by atoms with E-state index in [-0.39, 0.29) is 41.9 Å². The van der Waals surface area contributed by atoms with Crippen molar-refractivity contribution in [2.24, 2.45) is 23.7 Å². The number of nitrogens with one attached hydrogen (secondary N) is 1. The molecular weight excluding hydrogens is 665 g/mol. The van der Waals surface area contributed by atoms with Crippen molar-refractivity contribution in [1.29, 1.82) is 0 Å². The number of aromatic hydroxyl groups is 1. The minimum atomic E-state index is -1.59. The molecule has 0 aromatic heterocycles. The molecule has 50 heavy (non-hydrogen) atoms. The van der Waals surface area contributed by atoms with E-state index in [1.54, 1.807) is 36.4 Å². The van der Waals surface area contributed by atoms with Crippen LogP contribution in [0.1, 0.15) is 50.7 Å². The number of amides is 4. The van der Waals surface area contributed by atoms with E-state index in [1.165, 1.54) is 43.4 Å². The van der Waals surface area contributed by atoms with Gasteiger partial charge in [0.2, 0.25) is 17.6 Å². The highest BCUT2D eigenvalue weighted by Gasteiger charge is 2.70. The van der Waals surface area contributed by atoms with Gasteiger partial charge in [0.05, 0.1) is 43.1 Å². The number of benzene rings is 3. The molecule has 2 N–H and O–H groups in total. The summed E-state index contributed by atoms with van der Waals surface area (Å²) in [5.74, 6) is -6.09. The monoisotopic (exact) mass is 701 g/mol. The number of ether oxygens (including phenoxy) is 2. The predicted octanol–water partition coefficient (Wildman–Crippen LogP) is 5.99. The fourth-order valence-electron chi connectivity index (χ4n) is 8.77.